The van der Waals surface area contributed by atoms with Gasteiger partial charge in [-0.1, -0.05) is 15.9 Å². The minimum Gasteiger partial charge on any atom is -0.381 e. The van der Waals surface area contributed by atoms with E-state index in [9.17, 15) is 4.39 Å². The topological polar surface area (TPSA) is 36.9 Å². The van der Waals surface area contributed by atoms with Crippen molar-refractivity contribution in [2.75, 3.05) is 33.9 Å². The van der Waals surface area contributed by atoms with Crippen LogP contribution in [-0.2, 0) is 11.3 Å². The lowest BCUT2D eigenvalue weighted by Crippen LogP contribution is -2.41. The Morgan fingerprint density at radius 3 is 3.05 bits per heavy atom. The molecular formula is C15H21BrFN3O. The summed E-state index contributed by atoms with van der Waals surface area (Å²) in [7, 11) is 3.73. The summed E-state index contributed by atoms with van der Waals surface area (Å²) in [5.74, 6) is 1.09. The van der Waals surface area contributed by atoms with Gasteiger partial charge in [0.25, 0.3) is 0 Å². The molecule has 0 aliphatic carbocycles. The van der Waals surface area contributed by atoms with Crippen LogP contribution in [0, 0.1) is 11.7 Å². The van der Waals surface area contributed by atoms with E-state index in [2.05, 4.69) is 31.1 Å². The Hall–Kier alpha value is -1.14. The van der Waals surface area contributed by atoms with E-state index in [0.29, 0.717) is 18.0 Å². The molecule has 1 heterocycles. The van der Waals surface area contributed by atoms with Crippen LogP contribution in [0.25, 0.3) is 0 Å². The average molecular weight is 358 g/mol. The van der Waals surface area contributed by atoms with E-state index in [1.165, 1.54) is 6.07 Å². The molecule has 1 atom stereocenters. The molecule has 0 bridgehead atoms. The lowest BCUT2D eigenvalue weighted by molar-refractivity contribution is 0.181. The fourth-order valence-corrected chi connectivity index (χ4v) is 2.85. The molecule has 116 valence electrons. The number of ether oxygens (including phenoxy) is 1. The molecule has 1 aliphatic heterocycles. The van der Waals surface area contributed by atoms with Crippen molar-refractivity contribution >= 4 is 21.9 Å². The maximum absolute atomic E-state index is 13.7. The number of halogens is 2. The first-order valence-electron chi connectivity index (χ1n) is 7.03. The van der Waals surface area contributed by atoms with E-state index < -0.39 is 0 Å². The fraction of sp³-hybridized carbons (Fsp3) is 0.533. The highest BCUT2D eigenvalue weighted by atomic mass is 79.9. The molecule has 1 aliphatic rings. The van der Waals surface area contributed by atoms with Gasteiger partial charge in [-0.15, -0.1) is 0 Å². The summed E-state index contributed by atoms with van der Waals surface area (Å²) < 4.78 is 20.0. The van der Waals surface area contributed by atoms with Gasteiger partial charge >= 0.3 is 0 Å². The summed E-state index contributed by atoms with van der Waals surface area (Å²) >= 11 is 3.36. The van der Waals surface area contributed by atoms with Crippen LogP contribution in [0.4, 0.5) is 4.39 Å². The standard InChI is InChI=1S/C15H21BrFN3O/c1-18-15(20(2)9-11-5-6-21-10-11)19-8-12-7-13(16)3-4-14(12)17/h3-4,7,11H,5-6,8-10H2,1-2H3,(H,18,19). The molecule has 1 aromatic rings. The van der Waals surface area contributed by atoms with Crippen molar-refractivity contribution < 1.29 is 9.13 Å². The van der Waals surface area contributed by atoms with Crippen LogP contribution in [0.5, 0.6) is 0 Å². The number of aliphatic imine (C=N–C) groups is 1. The third kappa shape index (κ3) is 4.68. The number of nitrogens with one attached hydrogen (secondary N) is 1. The lowest BCUT2D eigenvalue weighted by Gasteiger charge is -2.24. The van der Waals surface area contributed by atoms with Gasteiger partial charge in [0, 0.05) is 49.7 Å². The van der Waals surface area contributed by atoms with Crippen molar-refractivity contribution in [1.82, 2.24) is 10.2 Å². The smallest absolute Gasteiger partial charge is 0.193 e. The zero-order valence-electron chi connectivity index (χ0n) is 12.4. The summed E-state index contributed by atoms with van der Waals surface area (Å²) in [6.45, 7) is 2.94. The number of guanidine groups is 1. The van der Waals surface area contributed by atoms with E-state index in [1.54, 1.807) is 19.2 Å². The zero-order valence-corrected chi connectivity index (χ0v) is 14.0. The molecule has 21 heavy (non-hydrogen) atoms. The average Bonchev–Trinajstić information content (AvgIpc) is 2.96. The molecular weight excluding hydrogens is 337 g/mol. The van der Waals surface area contributed by atoms with Gasteiger partial charge in [-0.05, 0) is 24.6 Å². The second kappa shape index (κ2) is 7.75. The molecule has 0 aromatic heterocycles. The molecule has 4 nitrogen and oxygen atoms in total. The third-order valence-electron chi connectivity index (χ3n) is 3.57. The van der Waals surface area contributed by atoms with Gasteiger partial charge in [0.05, 0.1) is 6.61 Å². The highest BCUT2D eigenvalue weighted by molar-refractivity contribution is 9.10. The Morgan fingerprint density at radius 2 is 2.38 bits per heavy atom. The Bertz CT molecular complexity index is 504. The number of nitrogens with zero attached hydrogens (tertiary/aromatic N) is 2. The van der Waals surface area contributed by atoms with E-state index in [4.69, 9.17) is 4.74 Å². The molecule has 2 rings (SSSR count). The van der Waals surface area contributed by atoms with Crippen LogP contribution in [0.15, 0.2) is 27.7 Å². The van der Waals surface area contributed by atoms with Crippen molar-refractivity contribution in [3.63, 3.8) is 0 Å². The molecule has 0 amide bonds. The Kier molecular flexibility index (Phi) is 5.99. The second-order valence-corrected chi connectivity index (χ2v) is 6.16. The number of benzene rings is 1. The van der Waals surface area contributed by atoms with Gasteiger partial charge in [-0.3, -0.25) is 4.99 Å². The van der Waals surface area contributed by atoms with Crippen molar-refractivity contribution in [2.45, 2.75) is 13.0 Å². The van der Waals surface area contributed by atoms with Crippen molar-refractivity contribution in [3.8, 4) is 0 Å². The SMILES string of the molecule is CN=C(NCc1cc(Br)ccc1F)N(C)CC1CCOC1. The maximum Gasteiger partial charge on any atom is 0.193 e. The first kappa shape index (κ1) is 16.2. The van der Waals surface area contributed by atoms with E-state index in [0.717, 1.165) is 36.6 Å². The number of hydrogen-bond acceptors (Lipinski definition) is 2. The molecule has 1 fully saturated rings. The van der Waals surface area contributed by atoms with Gasteiger partial charge in [0.1, 0.15) is 5.82 Å². The van der Waals surface area contributed by atoms with Crippen LogP contribution in [0.2, 0.25) is 0 Å². The summed E-state index contributed by atoms with van der Waals surface area (Å²) in [5, 5.41) is 3.20. The highest BCUT2D eigenvalue weighted by Crippen LogP contribution is 2.16. The summed E-state index contributed by atoms with van der Waals surface area (Å²) in [4.78, 5) is 6.32. The lowest BCUT2D eigenvalue weighted by atomic mass is 10.1. The van der Waals surface area contributed by atoms with Gasteiger partial charge in [-0.25, -0.2) is 4.39 Å². The van der Waals surface area contributed by atoms with Crippen molar-refractivity contribution in [2.24, 2.45) is 10.9 Å². The first-order chi connectivity index (χ1) is 10.1. The number of hydrogen-bond donors (Lipinski definition) is 1. The Morgan fingerprint density at radius 1 is 1.57 bits per heavy atom. The summed E-state index contributed by atoms with van der Waals surface area (Å²) in [5.41, 5.74) is 0.614. The monoisotopic (exact) mass is 357 g/mol. The normalized spacial score (nSPS) is 18.9. The largest absolute Gasteiger partial charge is 0.381 e. The molecule has 0 saturated carbocycles. The molecule has 6 heteroatoms. The molecule has 0 spiro atoms. The maximum atomic E-state index is 13.7. The van der Waals surface area contributed by atoms with Crippen LogP contribution in [0.1, 0.15) is 12.0 Å². The molecule has 0 radical (unpaired) electrons. The van der Waals surface area contributed by atoms with E-state index in [-0.39, 0.29) is 5.82 Å². The molecule has 1 saturated heterocycles. The highest BCUT2D eigenvalue weighted by Gasteiger charge is 2.19. The fourth-order valence-electron chi connectivity index (χ4n) is 2.44. The van der Waals surface area contributed by atoms with Gasteiger partial charge in [-0.2, -0.15) is 0 Å². The molecule has 1 aromatic carbocycles. The third-order valence-corrected chi connectivity index (χ3v) is 4.07. The van der Waals surface area contributed by atoms with Crippen molar-refractivity contribution in [3.05, 3.63) is 34.1 Å². The Labute approximate surface area is 133 Å². The van der Waals surface area contributed by atoms with Gasteiger partial charge in [0.2, 0.25) is 0 Å². The summed E-state index contributed by atoms with van der Waals surface area (Å²) in [6.07, 6.45) is 1.08. The van der Waals surface area contributed by atoms with Gasteiger partial charge < -0.3 is 15.0 Å². The summed E-state index contributed by atoms with van der Waals surface area (Å²) in [6, 6.07) is 4.93. The molecule has 1 unspecified atom stereocenters. The van der Waals surface area contributed by atoms with E-state index in [1.807, 2.05) is 7.05 Å². The zero-order chi connectivity index (χ0) is 15.2. The quantitative estimate of drug-likeness (QED) is 0.664. The Balaban J connectivity index is 1.91. The minimum absolute atomic E-state index is 0.215. The van der Waals surface area contributed by atoms with Crippen LogP contribution >= 0.6 is 15.9 Å². The minimum atomic E-state index is -0.215. The van der Waals surface area contributed by atoms with Crippen LogP contribution < -0.4 is 5.32 Å². The molecule has 1 N–H and O–H groups in total. The van der Waals surface area contributed by atoms with Gasteiger partial charge in [0.15, 0.2) is 5.96 Å². The number of rotatable bonds is 4. The predicted octanol–water partition coefficient (Wildman–Crippen LogP) is 2.63. The predicted molar refractivity (Wildman–Crippen MR) is 85.9 cm³/mol. The van der Waals surface area contributed by atoms with E-state index >= 15 is 0 Å². The van der Waals surface area contributed by atoms with Crippen molar-refractivity contribution in [1.29, 1.82) is 0 Å². The first-order valence-corrected chi connectivity index (χ1v) is 7.83. The van der Waals surface area contributed by atoms with Crippen LogP contribution in [-0.4, -0.2) is 44.7 Å². The second-order valence-electron chi connectivity index (χ2n) is 5.25. The van der Waals surface area contributed by atoms with Crippen LogP contribution in [0.3, 0.4) is 0 Å².